The van der Waals surface area contributed by atoms with Gasteiger partial charge >= 0.3 is 0 Å². The van der Waals surface area contributed by atoms with Gasteiger partial charge in [-0.3, -0.25) is 4.79 Å². The number of halogens is 4. The van der Waals surface area contributed by atoms with E-state index in [1.54, 1.807) is 5.32 Å². The minimum absolute atomic E-state index is 0.0351. The second-order valence-corrected chi connectivity index (χ2v) is 4.10. The third kappa shape index (κ3) is 2.24. The monoisotopic (exact) mass is 311 g/mol. The number of nitrogens with zero attached hydrogens (tertiary/aromatic N) is 4. The highest BCUT2D eigenvalue weighted by Crippen LogP contribution is 2.24. The van der Waals surface area contributed by atoms with Crippen molar-refractivity contribution in [1.29, 1.82) is 0 Å². The standard InChI is InChI=1S/C12H5F4N5O/c13-5-4-6(14)8(16)9(7(5)15)18-11(22)10-19-12-17-2-1-3-21(12)20-10/h1-4H,(H,18,22). The van der Waals surface area contributed by atoms with Gasteiger partial charge in [0.1, 0.15) is 5.69 Å². The lowest BCUT2D eigenvalue weighted by molar-refractivity contribution is 0.101. The highest BCUT2D eigenvalue weighted by Gasteiger charge is 2.23. The molecule has 0 radical (unpaired) electrons. The topological polar surface area (TPSA) is 72.2 Å². The van der Waals surface area contributed by atoms with Gasteiger partial charge in [-0.25, -0.2) is 27.1 Å². The summed E-state index contributed by atoms with van der Waals surface area (Å²) in [6.45, 7) is 0. The van der Waals surface area contributed by atoms with E-state index in [4.69, 9.17) is 0 Å². The van der Waals surface area contributed by atoms with Crippen molar-refractivity contribution in [2.75, 3.05) is 5.32 Å². The number of hydrogen-bond acceptors (Lipinski definition) is 4. The second kappa shape index (κ2) is 5.06. The summed E-state index contributed by atoms with van der Waals surface area (Å²) in [6.07, 6.45) is 2.84. The van der Waals surface area contributed by atoms with E-state index >= 15 is 0 Å². The number of hydrogen-bond donors (Lipinski definition) is 1. The highest BCUT2D eigenvalue weighted by atomic mass is 19.2. The van der Waals surface area contributed by atoms with Gasteiger partial charge in [0.05, 0.1) is 0 Å². The maximum absolute atomic E-state index is 13.5. The first-order chi connectivity index (χ1) is 10.5. The summed E-state index contributed by atoms with van der Waals surface area (Å²) in [4.78, 5) is 19.4. The second-order valence-electron chi connectivity index (χ2n) is 4.10. The summed E-state index contributed by atoms with van der Waals surface area (Å²) < 4.78 is 54.2. The van der Waals surface area contributed by atoms with E-state index in [1.165, 1.54) is 18.5 Å². The van der Waals surface area contributed by atoms with Crippen LogP contribution in [0.5, 0.6) is 0 Å². The molecule has 0 atom stereocenters. The average molecular weight is 311 g/mol. The Hall–Kier alpha value is -3.04. The molecular formula is C12H5F4N5O. The molecular weight excluding hydrogens is 306 g/mol. The van der Waals surface area contributed by atoms with E-state index in [9.17, 15) is 22.4 Å². The average Bonchev–Trinajstić information content (AvgIpc) is 2.93. The van der Waals surface area contributed by atoms with Gasteiger partial charge in [-0.2, -0.15) is 4.98 Å². The molecule has 6 nitrogen and oxygen atoms in total. The summed E-state index contributed by atoms with van der Waals surface area (Å²) in [5.74, 6) is -8.28. The number of aromatic nitrogens is 4. The van der Waals surface area contributed by atoms with Crippen LogP contribution in [-0.2, 0) is 0 Å². The van der Waals surface area contributed by atoms with Crippen LogP contribution in [0.3, 0.4) is 0 Å². The van der Waals surface area contributed by atoms with Gasteiger partial charge in [-0.1, -0.05) is 0 Å². The molecule has 0 aliphatic rings. The molecule has 0 aliphatic heterocycles. The van der Waals surface area contributed by atoms with Gasteiger partial charge in [-0.05, 0) is 6.07 Å². The summed E-state index contributed by atoms with van der Waals surface area (Å²) >= 11 is 0. The number of anilines is 1. The number of rotatable bonds is 2. The Labute approximate surface area is 119 Å². The Bertz CT molecular complexity index is 835. The molecule has 22 heavy (non-hydrogen) atoms. The predicted molar refractivity (Wildman–Crippen MR) is 65.0 cm³/mol. The van der Waals surface area contributed by atoms with Gasteiger partial charge in [-0.15, -0.1) is 5.10 Å². The lowest BCUT2D eigenvalue weighted by Gasteiger charge is -2.07. The van der Waals surface area contributed by atoms with Crippen molar-refractivity contribution < 1.29 is 22.4 Å². The van der Waals surface area contributed by atoms with Crippen LogP contribution in [0.15, 0.2) is 24.5 Å². The van der Waals surface area contributed by atoms with E-state index in [2.05, 4.69) is 15.1 Å². The summed E-state index contributed by atoms with van der Waals surface area (Å²) in [5, 5.41) is 5.41. The highest BCUT2D eigenvalue weighted by molar-refractivity contribution is 6.01. The van der Waals surface area contributed by atoms with Gasteiger partial charge in [0.25, 0.3) is 11.7 Å². The van der Waals surface area contributed by atoms with Crippen molar-refractivity contribution in [2.45, 2.75) is 0 Å². The summed E-state index contributed by atoms with van der Waals surface area (Å²) in [6, 6.07) is 1.55. The SMILES string of the molecule is O=C(Nc1c(F)c(F)cc(F)c1F)c1nc2ncccn2n1. The first-order valence-electron chi connectivity index (χ1n) is 5.79. The van der Waals surface area contributed by atoms with Gasteiger partial charge in [0, 0.05) is 18.5 Å². The van der Waals surface area contributed by atoms with Crippen LogP contribution in [0.4, 0.5) is 23.2 Å². The molecule has 10 heteroatoms. The van der Waals surface area contributed by atoms with Crippen LogP contribution in [0, 0.1) is 23.3 Å². The summed E-state index contributed by atoms with van der Waals surface area (Å²) in [7, 11) is 0. The molecule has 0 spiro atoms. The fourth-order valence-corrected chi connectivity index (χ4v) is 1.68. The van der Waals surface area contributed by atoms with Crippen molar-refractivity contribution in [3.05, 3.63) is 53.6 Å². The fourth-order valence-electron chi connectivity index (χ4n) is 1.68. The molecule has 0 saturated carbocycles. The Balaban J connectivity index is 1.98. The van der Waals surface area contributed by atoms with E-state index in [0.29, 0.717) is 0 Å². The third-order valence-corrected chi connectivity index (χ3v) is 2.67. The largest absolute Gasteiger partial charge is 0.314 e. The number of fused-ring (bicyclic) bond motifs is 1. The molecule has 3 aromatic rings. The number of nitrogens with one attached hydrogen (secondary N) is 1. The minimum Gasteiger partial charge on any atom is -0.314 e. The molecule has 0 fully saturated rings. The lowest BCUT2D eigenvalue weighted by atomic mass is 10.2. The number of amides is 1. The van der Waals surface area contributed by atoms with Crippen molar-refractivity contribution in [2.24, 2.45) is 0 Å². The predicted octanol–water partition coefficient (Wildman–Crippen LogP) is 1.93. The molecule has 1 amide bonds. The number of benzene rings is 1. The Morgan fingerprint density at radius 1 is 1.14 bits per heavy atom. The summed E-state index contributed by atoms with van der Waals surface area (Å²) in [5.41, 5.74) is -1.26. The maximum atomic E-state index is 13.5. The van der Waals surface area contributed by atoms with E-state index < -0.39 is 40.7 Å². The van der Waals surface area contributed by atoms with Gasteiger partial charge < -0.3 is 5.32 Å². The minimum atomic E-state index is -1.73. The van der Waals surface area contributed by atoms with Crippen LogP contribution in [0.2, 0.25) is 0 Å². The van der Waals surface area contributed by atoms with Crippen molar-refractivity contribution in [3.63, 3.8) is 0 Å². The first-order valence-corrected chi connectivity index (χ1v) is 5.79. The Kier molecular flexibility index (Phi) is 3.20. The molecule has 0 bridgehead atoms. The zero-order chi connectivity index (χ0) is 15.9. The molecule has 1 N–H and O–H groups in total. The zero-order valence-electron chi connectivity index (χ0n) is 10.5. The van der Waals surface area contributed by atoms with Crippen LogP contribution in [0.25, 0.3) is 5.78 Å². The van der Waals surface area contributed by atoms with Gasteiger partial charge in [0.2, 0.25) is 5.82 Å². The smallest absolute Gasteiger partial charge is 0.295 e. The maximum Gasteiger partial charge on any atom is 0.295 e. The molecule has 112 valence electrons. The third-order valence-electron chi connectivity index (χ3n) is 2.67. The Morgan fingerprint density at radius 2 is 1.82 bits per heavy atom. The van der Waals surface area contributed by atoms with Crippen LogP contribution in [-0.4, -0.2) is 25.5 Å². The first kappa shape index (κ1) is 13.9. The molecule has 1 aromatic carbocycles. The van der Waals surface area contributed by atoms with Crippen molar-refractivity contribution in [1.82, 2.24) is 19.6 Å². The molecule has 0 unspecified atom stereocenters. The van der Waals surface area contributed by atoms with Gasteiger partial charge in [0.15, 0.2) is 23.3 Å². The lowest BCUT2D eigenvalue weighted by Crippen LogP contribution is -2.17. The van der Waals surface area contributed by atoms with E-state index in [1.807, 2.05) is 0 Å². The van der Waals surface area contributed by atoms with Crippen molar-refractivity contribution in [3.8, 4) is 0 Å². The molecule has 0 saturated heterocycles. The van der Waals surface area contributed by atoms with Crippen LogP contribution >= 0.6 is 0 Å². The quantitative estimate of drug-likeness (QED) is 0.580. The molecule has 0 aliphatic carbocycles. The molecule has 2 aromatic heterocycles. The van der Waals surface area contributed by atoms with E-state index in [0.717, 1.165) is 4.52 Å². The fraction of sp³-hybridized carbons (Fsp3) is 0. The van der Waals surface area contributed by atoms with Crippen LogP contribution in [0.1, 0.15) is 10.6 Å². The van der Waals surface area contributed by atoms with E-state index in [-0.39, 0.29) is 11.8 Å². The number of carbonyl (C=O) groups excluding carboxylic acids is 1. The van der Waals surface area contributed by atoms with Crippen molar-refractivity contribution >= 4 is 17.4 Å². The zero-order valence-corrected chi connectivity index (χ0v) is 10.5. The number of carbonyl (C=O) groups is 1. The molecule has 2 heterocycles. The normalized spacial score (nSPS) is 10.9. The van der Waals surface area contributed by atoms with Crippen LogP contribution < -0.4 is 5.32 Å². The molecule has 3 rings (SSSR count). The Morgan fingerprint density at radius 3 is 2.45 bits per heavy atom.